The first kappa shape index (κ1) is 14.3. The minimum absolute atomic E-state index is 0.0169. The lowest BCUT2D eigenvalue weighted by molar-refractivity contribution is -0.118. The van der Waals surface area contributed by atoms with Crippen LogP contribution < -0.4 is 10.9 Å². The zero-order valence-electron chi connectivity index (χ0n) is 10.5. The van der Waals surface area contributed by atoms with Gasteiger partial charge in [0.25, 0.3) is 5.56 Å². The number of hydrogen-bond acceptors (Lipinski definition) is 6. The Balaban J connectivity index is 2.40. The van der Waals surface area contributed by atoms with Crippen LogP contribution in [0, 0.1) is 11.3 Å². The van der Waals surface area contributed by atoms with Crippen molar-refractivity contribution in [1.82, 2.24) is 15.3 Å². The molecule has 0 aromatic carbocycles. The summed E-state index contributed by atoms with van der Waals surface area (Å²) in [5.74, 6) is -0.0189. The normalized spacial score (nSPS) is 10.0. The van der Waals surface area contributed by atoms with Gasteiger partial charge in [-0.25, -0.2) is 4.98 Å². The van der Waals surface area contributed by atoms with Gasteiger partial charge < -0.3 is 10.3 Å². The minimum atomic E-state index is -0.495. The first-order chi connectivity index (χ1) is 9.65. The van der Waals surface area contributed by atoms with Gasteiger partial charge in [-0.1, -0.05) is 17.8 Å². The first-order valence-electron chi connectivity index (χ1n) is 5.57. The smallest absolute Gasteiger partial charge is 0.270 e. The molecule has 0 aliphatic rings. The lowest BCUT2D eigenvalue weighted by Gasteiger charge is -2.04. The highest BCUT2D eigenvalue weighted by Crippen LogP contribution is 2.25. The molecule has 6 nitrogen and oxygen atoms in total. The summed E-state index contributed by atoms with van der Waals surface area (Å²) < 4.78 is 0. The molecule has 102 valence electrons. The van der Waals surface area contributed by atoms with Crippen LogP contribution in [0.25, 0.3) is 10.6 Å². The topological polar surface area (TPSA) is 98.6 Å². The van der Waals surface area contributed by atoms with Crippen molar-refractivity contribution in [1.29, 1.82) is 5.26 Å². The highest BCUT2D eigenvalue weighted by molar-refractivity contribution is 7.99. The Morgan fingerprint density at radius 3 is 3.05 bits per heavy atom. The monoisotopic (exact) mass is 306 g/mol. The van der Waals surface area contributed by atoms with E-state index in [0.717, 1.165) is 16.6 Å². The van der Waals surface area contributed by atoms with Crippen molar-refractivity contribution in [3.05, 3.63) is 33.4 Å². The van der Waals surface area contributed by atoms with Gasteiger partial charge in [-0.15, -0.1) is 11.3 Å². The van der Waals surface area contributed by atoms with E-state index in [-0.39, 0.29) is 17.2 Å². The number of aromatic nitrogens is 2. The van der Waals surface area contributed by atoms with Crippen LogP contribution in [-0.2, 0) is 4.79 Å². The number of nitrogens with zero attached hydrogens (tertiary/aromatic N) is 2. The molecule has 0 aliphatic heterocycles. The molecule has 2 N–H and O–H groups in total. The molecule has 0 unspecified atom stereocenters. The van der Waals surface area contributed by atoms with E-state index in [2.05, 4.69) is 15.3 Å². The van der Waals surface area contributed by atoms with Gasteiger partial charge in [0, 0.05) is 7.05 Å². The summed E-state index contributed by atoms with van der Waals surface area (Å²) in [4.78, 5) is 30.6. The van der Waals surface area contributed by atoms with Crippen LogP contribution in [0.15, 0.2) is 27.5 Å². The van der Waals surface area contributed by atoms with Gasteiger partial charge in [0.05, 0.1) is 10.6 Å². The highest BCUT2D eigenvalue weighted by atomic mass is 32.2. The number of amides is 1. The minimum Gasteiger partial charge on any atom is -0.358 e. The third-order valence-corrected chi connectivity index (χ3v) is 4.13. The molecule has 2 aromatic rings. The van der Waals surface area contributed by atoms with Gasteiger partial charge in [-0.05, 0) is 11.4 Å². The maximum absolute atomic E-state index is 11.9. The zero-order valence-corrected chi connectivity index (χ0v) is 12.1. The molecule has 0 saturated carbocycles. The van der Waals surface area contributed by atoms with Gasteiger partial charge in [0.1, 0.15) is 17.3 Å². The summed E-state index contributed by atoms with van der Waals surface area (Å²) in [6.07, 6.45) is 0. The molecular weight excluding hydrogens is 296 g/mol. The van der Waals surface area contributed by atoms with Gasteiger partial charge in [0.2, 0.25) is 5.91 Å². The van der Waals surface area contributed by atoms with Crippen molar-refractivity contribution < 1.29 is 4.79 Å². The van der Waals surface area contributed by atoms with Crippen LogP contribution in [0.1, 0.15) is 5.56 Å². The van der Waals surface area contributed by atoms with Crippen molar-refractivity contribution in [3.8, 4) is 16.6 Å². The number of thiophene rings is 1. The standard InChI is InChI=1S/C12H10N4O2S2/c1-14-9(17)6-20-12-15-10(8-3-2-4-19-8)7(5-13)11(18)16-12/h2-4H,6H2,1H3,(H,14,17)(H,15,16,18). The molecule has 20 heavy (non-hydrogen) atoms. The average Bonchev–Trinajstić information content (AvgIpc) is 2.98. The largest absolute Gasteiger partial charge is 0.358 e. The Morgan fingerprint density at radius 1 is 1.65 bits per heavy atom. The number of thioether (sulfide) groups is 1. The second-order valence-electron chi connectivity index (χ2n) is 3.65. The molecule has 2 heterocycles. The molecule has 0 bridgehead atoms. The van der Waals surface area contributed by atoms with Crippen molar-refractivity contribution in [2.24, 2.45) is 0 Å². The van der Waals surface area contributed by atoms with E-state index < -0.39 is 5.56 Å². The average molecular weight is 306 g/mol. The van der Waals surface area contributed by atoms with E-state index in [0.29, 0.717) is 10.9 Å². The molecule has 2 aromatic heterocycles. The molecule has 0 aliphatic carbocycles. The summed E-state index contributed by atoms with van der Waals surface area (Å²) in [5.41, 5.74) is -0.160. The summed E-state index contributed by atoms with van der Waals surface area (Å²) in [6.45, 7) is 0. The van der Waals surface area contributed by atoms with Gasteiger partial charge in [-0.2, -0.15) is 5.26 Å². The van der Waals surface area contributed by atoms with Crippen molar-refractivity contribution >= 4 is 29.0 Å². The van der Waals surface area contributed by atoms with E-state index in [4.69, 9.17) is 5.26 Å². The summed E-state index contributed by atoms with van der Waals surface area (Å²) in [5, 5.41) is 13.7. The van der Waals surface area contributed by atoms with Gasteiger partial charge >= 0.3 is 0 Å². The number of rotatable bonds is 4. The van der Waals surface area contributed by atoms with E-state index in [1.54, 1.807) is 6.07 Å². The highest BCUT2D eigenvalue weighted by Gasteiger charge is 2.14. The van der Waals surface area contributed by atoms with E-state index in [1.807, 2.05) is 17.5 Å². The second-order valence-corrected chi connectivity index (χ2v) is 5.56. The Labute approximate surface area is 122 Å². The molecule has 0 fully saturated rings. The van der Waals surface area contributed by atoms with Crippen LogP contribution in [0.2, 0.25) is 0 Å². The molecule has 0 spiro atoms. The zero-order chi connectivity index (χ0) is 14.5. The lowest BCUT2D eigenvalue weighted by atomic mass is 10.2. The lowest BCUT2D eigenvalue weighted by Crippen LogP contribution is -2.21. The molecule has 2 rings (SSSR count). The maximum Gasteiger partial charge on any atom is 0.270 e. The third kappa shape index (κ3) is 3.07. The Kier molecular flexibility index (Phi) is 4.55. The molecule has 0 saturated heterocycles. The molecular formula is C12H10N4O2S2. The van der Waals surface area contributed by atoms with E-state index in [1.165, 1.54) is 18.4 Å². The number of carbonyl (C=O) groups is 1. The fourth-order valence-corrected chi connectivity index (χ4v) is 2.88. The number of H-pyrrole nitrogens is 1. The Morgan fingerprint density at radius 2 is 2.45 bits per heavy atom. The Hall–Kier alpha value is -2.11. The van der Waals surface area contributed by atoms with E-state index in [9.17, 15) is 9.59 Å². The van der Waals surface area contributed by atoms with Gasteiger partial charge in [0.15, 0.2) is 5.16 Å². The number of nitrogens with one attached hydrogen (secondary N) is 2. The quantitative estimate of drug-likeness (QED) is 0.653. The van der Waals surface area contributed by atoms with Crippen LogP contribution in [0.3, 0.4) is 0 Å². The molecule has 0 radical (unpaired) electrons. The van der Waals surface area contributed by atoms with Crippen LogP contribution >= 0.6 is 23.1 Å². The second kappa shape index (κ2) is 6.36. The summed E-state index contributed by atoms with van der Waals surface area (Å²) in [7, 11) is 1.54. The third-order valence-electron chi connectivity index (χ3n) is 2.38. The number of carbonyl (C=O) groups excluding carboxylic acids is 1. The van der Waals surface area contributed by atoms with Crippen LogP contribution in [-0.4, -0.2) is 28.7 Å². The number of nitriles is 1. The molecule has 1 amide bonds. The number of hydrogen-bond donors (Lipinski definition) is 2. The first-order valence-corrected chi connectivity index (χ1v) is 7.44. The van der Waals surface area contributed by atoms with Gasteiger partial charge in [-0.3, -0.25) is 9.59 Å². The van der Waals surface area contributed by atoms with Crippen LogP contribution in [0.5, 0.6) is 0 Å². The summed E-state index contributed by atoms with van der Waals surface area (Å²) >= 11 is 2.51. The van der Waals surface area contributed by atoms with Crippen LogP contribution in [0.4, 0.5) is 0 Å². The van der Waals surface area contributed by atoms with Crippen molar-refractivity contribution in [2.75, 3.05) is 12.8 Å². The SMILES string of the molecule is CNC(=O)CSc1nc(-c2cccs2)c(C#N)c(=O)[nH]1. The van der Waals surface area contributed by atoms with Crippen molar-refractivity contribution in [2.45, 2.75) is 5.16 Å². The number of aromatic amines is 1. The molecule has 0 atom stereocenters. The van der Waals surface area contributed by atoms with E-state index >= 15 is 0 Å². The predicted octanol–water partition coefficient (Wildman–Crippen LogP) is 1.21. The predicted molar refractivity (Wildman–Crippen MR) is 77.7 cm³/mol. The molecule has 8 heteroatoms. The fourth-order valence-electron chi connectivity index (χ4n) is 1.42. The fraction of sp³-hybridized carbons (Fsp3) is 0.167. The van der Waals surface area contributed by atoms with Crippen molar-refractivity contribution in [3.63, 3.8) is 0 Å². The maximum atomic E-state index is 11.9. The summed E-state index contributed by atoms with van der Waals surface area (Å²) in [6, 6.07) is 5.48. The Bertz CT molecular complexity index is 716.